The number of piperidine rings is 1. The lowest BCUT2D eigenvalue weighted by molar-refractivity contribution is -0.134. The summed E-state index contributed by atoms with van der Waals surface area (Å²) < 4.78 is 5.49. The number of nitrogens with zero attached hydrogens (tertiary/aromatic N) is 2. The number of hydrogen-bond acceptors (Lipinski definition) is 4. The topological polar surface area (TPSA) is 61.9 Å². The lowest BCUT2D eigenvalue weighted by atomic mass is 10.0. The summed E-state index contributed by atoms with van der Waals surface area (Å²) >= 11 is 0. The van der Waals surface area contributed by atoms with Crippen LogP contribution in [-0.2, 0) is 22.4 Å². The summed E-state index contributed by atoms with van der Waals surface area (Å²) in [5.41, 5.74) is 2.59. The molecule has 1 aromatic rings. The highest BCUT2D eigenvalue weighted by Crippen LogP contribution is 2.25. The molecule has 0 spiro atoms. The Hall–Kier alpha value is -2.08. The maximum atomic E-state index is 12.8. The van der Waals surface area contributed by atoms with Crippen LogP contribution in [0.15, 0.2) is 18.2 Å². The minimum absolute atomic E-state index is 0.0245. The van der Waals surface area contributed by atoms with Crippen molar-refractivity contribution in [2.75, 3.05) is 39.8 Å². The quantitative estimate of drug-likeness (QED) is 0.878. The first-order valence-corrected chi connectivity index (χ1v) is 9.49. The van der Waals surface area contributed by atoms with Crippen LogP contribution in [0, 0.1) is 0 Å². The third-order valence-corrected chi connectivity index (χ3v) is 5.37. The monoisotopic (exact) mass is 359 g/mol. The second kappa shape index (κ2) is 8.54. The van der Waals surface area contributed by atoms with Crippen LogP contribution in [0.2, 0.25) is 0 Å². The number of fused-ring (bicyclic) bond motifs is 1. The van der Waals surface area contributed by atoms with Gasteiger partial charge in [0, 0.05) is 39.1 Å². The predicted molar refractivity (Wildman–Crippen MR) is 100 cm³/mol. The van der Waals surface area contributed by atoms with Crippen molar-refractivity contribution in [1.82, 2.24) is 15.1 Å². The molecule has 6 heteroatoms. The molecule has 1 atom stereocenters. The van der Waals surface area contributed by atoms with E-state index in [1.165, 1.54) is 18.1 Å². The normalized spacial score (nSPS) is 20.8. The summed E-state index contributed by atoms with van der Waals surface area (Å²) in [6.45, 7) is 5.14. The largest absolute Gasteiger partial charge is 0.496 e. The van der Waals surface area contributed by atoms with Crippen molar-refractivity contribution >= 4 is 11.8 Å². The smallest absolute Gasteiger partial charge is 0.236 e. The molecule has 0 radical (unpaired) electrons. The number of ether oxygens (including phenoxy) is 1. The Kier molecular flexibility index (Phi) is 6.14. The van der Waals surface area contributed by atoms with Gasteiger partial charge in [0.1, 0.15) is 5.75 Å². The van der Waals surface area contributed by atoms with Gasteiger partial charge in [-0.2, -0.15) is 0 Å². The van der Waals surface area contributed by atoms with Gasteiger partial charge in [-0.1, -0.05) is 12.1 Å². The number of benzene rings is 1. The van der Waals surface area contributed by atoms with Crippen molar-refractivity contribution < 1.29 is 14.3 Å². The third-order valence-electron chi connectivity index (χ3n) is 5.37. The number of rotatable bonds is 4. The molecule has 0 aliphatic carbocycles. The standard InChI is InChI=1S/C20H29N3O3/c1-15(24)21-17-6-4-10-23(13-17)20(25)14-22-11-8-16-5-3-7-19(26-2)18(16)9-12-22/h3,5,7,17H,4,6,8-14H2,1-2H3,(H,21,24). The van der Waals surface area contributed by atoms with Crippen LogP contribution >= 0.6 is 0 Å². The predicted octanol–water partition coefficient (Wildman–Crippen LogP) is 1.22. The molecule has 0 saturated carbocycles. The van der Waals surface area contributed by atoms with Gasteiger partial charge in [-0.05, 0) is 42.9 Å². The molecule has 1 unspecified atom stereocenters. The Morgan fingerprint density at radius 3 is 2.81 bits per heavy atom. The second-order valence-electron chi connectivity index (χ2n) is 7.25. The highest BCUT2D eigenvalue weighted by atomic mass is 16.5. The van der Waals surface area contributed by atoms with E-state index < -0.39 is 0 Å². The summed E-state index contributed by atoms with van der Waals surface area (Å²) in [6, 6.07) is 6.29. The molecular formula is C20H29N3O3. The second-order valence-corrected chi connectivity index (χ2v) is 7.25. The van der Waals surface area contributed by atoms with Gasteiger partial charge in [0.25, 0.3) is 0 Å². The maximum absolute atomic E-state index is 12.8. The van der Waals surface area contributed by atoms with Crippen molar-refractivity contribution in [3.05, 3.63) is 29.3 Å². The fourth-order valence-corrected chi connectivity index (χ4v) is 4.04. The van der Waals surface area contributed by atoms with Crippen LogP contribution < -0.4 is 10.1 Å². The summed E-state index contributed by atoms with van der Waals surface area (Å²) in [4.78, 5) is 28.2. The highest BCUT2D eigenvalue weighted by molar-refractivity contribution is 5.78. The van der Waals surface area contributed by atoms with E-state index in [9.17, 15) is 9.59 Å². The van der Waals surface area contributed by atoms with Gasteiger partial charge in [0.05, 0.1) is 13.7 Å². The van der Waals surface area contributed by atoms with Crippen molar-refractivity contribution in [2.24, 2.45) is 0 Å². The molecule has 2 aliphatic rings. The Balaban J connectivity index is 1.56. The number of carbonyl (C=O) groups excluding carboxylic acids is 2. The molecule has 2 heterocycles. The molecule has 0 aromatic heterocycles. The third kappa shape index (κ3) is 4.55. The molecule has 1 aromatic carbocycles. The average Bonchev–Trinajstić information content (AvgIpc) is 2.84. The molecule has 26 heavy (non-hydrogen) atoms. The molecule has 1 N–H and O–H groups in total. The highest BCUT2D eigenvalue weighted by Gasteiger charge is 2.26. The lowest BCUT2D eigenvalue weighted by Gasteiger charge is -2.34. The van der Waals surface area contributed by atoms with Crippen LogP contribution in [-0.4, -0.2) is 67.5 Å². The summed E-state index contributed by atoms with van der Waals surface area (Å²) in [5, 5.41) is 2.94. The molecule has 142 valence electrons. The van der Waals surface area contributed by atoms with Crippen molar-refractivity contribution in [2.45, 2.75) is 38.6 Å². The zero-order chi connectivity index (χ0) is 18.5. The SMILES string of the molecule is COc1cccc2c1CCN(CC(=O)N1CCCC(NC(C)=O)C1)CC2. The lowest BCUT2D eigenvalue weighted by Crippen LogP contribution is -2.51. The minimum atomic E-state index is -0.0245. The van der Waals surface area contributed by atoms with Crippen LogP contribution in [0.1, 0.15) is 30.9 Å². The number of nitrogens with one attached hydrogen (secondary N) is 1. The number of carbonyl (C=O) groups is 2. The van der Waals surface area contributed by atoms with Gasteiger partial charge in [-0.15, -0.1) is 0 Å². The van der Waals surface area contributed by atoms with E-state index in [1.807, 2.05) is 17.0 Å². The van der Waals surface area contributed by atoms with Crippen molar-refractivity contribution in [1.29, 1.82) is 0 Å². The number of methoxy groups -OCH3 is 1. The maximum Gasteiger partial charge on any atom is 0.236 e. The zero-order valence-corrected chi connectivity index (χ0v) is 15.8. The molecule has 2 aliphatic heterocycles. The first kappa shape index (κ1) is 18.7. The van der Waals surface area contributed by atoms with Crippen LogP contribution in [0.4, 0.5) is 0 Å². The van der Waals surface area contributed by atoms with E-state index >= 15 is 0 Å². The van der Waals surface area contributed by atoms with Gasteiger partial charge in [-0.3, -0.25) is 14.5 Å². The Morgan fingerprint density at radius 2 is 2.04 bits per heavy atom. The van der Waals surface area contributed by atoms with Crippen LogP contribution in [0.5, 0.6) is 5.75 Å². The van der Waals surface area contributed by atoms with Crippen LogP contribution in [0.3, 0.4) is 0 Å². The van der Waals surface area contributed by atoms with E-state index in [0.29, 0.717) is 13.1 Å². The molecule has 0 bridgehead atoms. The Labute approximate surface area is 155 Å². The van der Waals surface area contributed by atoms with Gasteiger partial charge < -0.3 is 15.0 Å². The van der Waals surface area contributed by atoms with E-state index in [4.69, 9.17) is 4.74 Å². The minimum Gasteiger partial charge on any atom is -0.496 e. The summed E-state index contributed by atoms with van der Waals surface area (Å²) in [5.74, 6) is 1.09. The van der Waals surface area contributed by atoms with E-state index in [0.717, 1.165) is 51.1 Å². The van der Waals surface area contributed by atoms with E-state index in [1.54, 1.807) is 7.11 Å². The summed E-state index contributed by atoms with van der Waals surface area (Å²) in [6.07, 6.45) is 3.73. The van der Waals surface area contributed by atoms with E-state index in [2.05, 4.69) is 16.3 Å². The molecule has 3 rings (SSSR count). The van der Waals surface area contributed by atoms with Crippen molar-refractivity contribution in [3.63, 3.8) is 0 Å². The van der Waals surface area contributed by atoms with Gasteiger partial charge >= 0.3 is 0 Å². The van der Waals surface area contributed by atoms with Gasteiger partial charge in [0.2, 0.25) is 11.8 Å². The Morgan fingerprint density at radius 1 is 1.23 bits per heavy atom. The number of likely N-dealkylation sites (tertiary alicyclic amines) is 1. The van der Waals surface area contributed by atoms with Gasteiger partial charge in [0.15, 0.2) is 0 Å². The first-order chi connectivity index (χ1) is 12.6. The molecule has 1 fully saturated rings. The summed E-state index contributed by atoms with van der Waals surface area (Å²) in [7, 11) is 1.71. The Bertz CT molecular complexity index is 662. The fourth-order valence-electron chi connectivity index (χ4n) is 4.04. The number of hydrogen-bond donors (Lipinski definition) is 1. The average molecular weight is 359 g/mol. The van der Waals surface area contributed by atoms with E-state index in [-0.39, 0.29) is 17.9 Å². The van der Waals surface area contributed by atoms with Crippen LogP contribution in [0.25, 0.3) is 0 Å². The number of amides is 2. The molecule has 2 amide bonds. The fraction of sp³-hybridized carbons (Fsp3) is 0.600. The molecular weight excluding hydrogens is 330 g/mol. The molecule has 1 saturated heterocycles. The first-order valence-electron chi connectivity index (χ1n) is 9.49. The van der Waals surface area contributed by atoms with Gasteiger partial charge in [-0.25, -0.2) is 0 Å². The molecule has 6 nitrogen and oxygen atoms in total. The van der Waals surface area contributed by atoms with Crippen molar-refractivity contribution in [3.8, 4) is 5.75 Å². The zero-order valence-electron chi connectivity index (χ0n) is 15.8.